The second-order valence-electron chi connectivity index (χ2n) is 5.62. The van der Waals surface area contributed by atoms with Gasteiger partial charge in [0.2, 0.25) is 0 Å². The molecule has 0 bridgehead atoms. The summed E-state index contributed by atoms with van der Waals surface area (Å²) in [6.07, 6.45) is 0.763. The van der Waals surface area contributed by atoms with Gasteiger partial charge in [-0.15, -0.1) is 0 Å². The maximum atomic E-state index is 12.3. The monoisotopic (exact) mass is 319 g/mol. The van der Waals surface area contributed by atoms with E-state index in [0.717, 1.165) is 23.5 Å². The molecule has 118 valence electrons. The molecule has 0 saturated carbocycles. The Kier molecular flexibility index (Phi) is 5.27. The number of hydrogen-bond donors (Lipinski definition) is 2. The van der Waals surface area contributed by atoms with Crippen molar-refractivity contribution in [2.24, 2.45) is 5.73 Å². The quantitative estimate of drug-likeness (QED) is 0.889. The number of benzene rings is 1. The molecule has 0 saturated heterocycles. The van der Waals surface area contributed by atoms with Crippen molar-refractivity contribution in [2.75, 3.05) is 6.54 Å². The summed E-state index contributed by atoms with van der Waals surface area (Å²) in [4.78, 5) is 12.3. The second-order valence-corrected chi connectivity index (χ2v) is 6.06. The Morgan fingerprint density at radius 1 is 1.36 bits per heavy atom. The Morgan fingerprint density at radius 3 is 2.73 bits per heavy atom. The number of rotatable bonds is 5. The van der Waals surface area contributed by atoms with E-state index in [0.29, 0.717) is 17.1 Å². The Balaban J connectivity index is 2.25. The van der Waals surface area contributed by atoms with Crippen molar-refractivity contribution >= 4 is 17.5 Å². The normalized spacial score (nSPS) is 12.2. The van der Waals surface area contributed by atoms with Gasteiger partial charge < -0.3 is 15.6 Å². The van der Waals surface area contributed by atoms with E-state index < -0.39 is 0 Å². The third kappa shape index (κ3) is 3.70. The molecule has 22 heavy (non-hydrogen) atoms. The van der Waals surface area contributed by atoms with Crippen LogP contribution in [0.5, 0.6) is 0 Å². The molecule has 0 fully saturated rings. The Hall–Kier alpha value is -1.78. The first-order valence-corrected chi connectivity index (χ1v) is 7.76. The predicted octanol–water partition coefficient (Wildman–Crippen LogP) is 3.21. The van der Waals surface area contributed by atoms with Gasteiger partial charge in [0, 0.05) is 34.7 Å². The summed E-state index contributed by atoms with van der Waals surface area (Å²) < 4.78 is 2.03. The third-order valence-corrected chi connectivity index (χ3v) is 3.86. The van der Waals surface area contributed by atoms with E-state index in [2.05, 4.69) is 5.32 Å². The maximum absolute atomic E-state index is 12.3. The van der Waals surface area contributed by atoms with E-state index in [9.17, 15) is 4.79 Å². The number of nitrogens with two attached hydrogens (primary N) is 1. The van der Waals surface area contributed by atoms with Gasteiger partial charge in [0.1, 0.15) is 0 Å². The lowest BCUT2D eigenvalue weighted by Gasteiger charge is -2.11. The number of carbonyl (C=O) groups is 1. The first-order valence-electron chi connectivity index (χ1n) is 7.39. The molecule has 2 rings (SSSR count). The maximum Gasteiger partial charge on any atom is 0.253 e. The van der Waals surface area contributed by atoms with Gasteiger partial charge in [0.15, 0.2) is 0 Å². The summed E-state index contributed by atoms with van der Waals surface area (Å²) in [5, 5.41) is 3.59. The summed E-state index contributed by atoms with van der Waals surface area (Å²) in [5.41, 5.74) is 9.23. The highest BCUT2D eigenvalue weighted by molar-refractivity contribution is 6.30. The van der Waals surface area contributed by atoms with Gasteiger partial charge >= 0.3 is 0 Å². The van der Waals surface area contributed by atoms with Crippen molar-refractivity contribution in [3.63, 3.8) is 0 Å². The first kappa shape index (κ1) is 16.6. The molecule has 1 atom stereocenters. The zero-order chi connectivity index (χ0) is 16.3. The van der Waals surface area contributed by atoms with Crippen LogP contribution >= 0.6 is 11.6 Å². The molecule has 0 spiro atoms. The van der Waals surface area contributed by atoms with Crippen LogP contribution in [-0.4, -0.2) is 23.1 Å². The summed E-state index contributed by atoms with van der Waals surface area (Å²) in [6, 6.07) is 9.58. The Labute approximate surface area is 136 Å². The molecule has 1 unspecified atom stereocenters. The van der Waals surface area contributed by atoms with Crippen LogP contribution < -0.4 is 11.1 Å². The molecule has 1 aromatic carbocycles. The van der Waals surface area contributed by atoms with Gasteiger partial charge in [-0.3, -0.25) is 4.79 Å². The van der Waals surface area contributed by atoms with Gasteiger partial charge in [0.25, 0.3) is 5.91 Å². The van der Waals surface area contributed by atoms with Crippen LogP contribution in [0.3, 0.4) is 0 Å². The Morgan fingerprint density at radius 2 is 2.09 bits per heavy atom. The fourth-order valence-electron chi connectivity index (χ4n) is 2.51. The lowest BCUT2D eigenvalue weighted by Crippen LogP contribution is -2.29. The van der Waals surface area contributed by atoms with Crippen molar-refractivity contribution in [2.45, 2.75) is 33.2 Å². The molecule has 1 amide bonds. The fraction of sp³-hybridized carbons (Fsp3) is 0.353. The van der Waals surface area contributed by atoms with Crippen molar-refractivity contribution in [3.8, 4) is 5.69 Å². The topological polar surface area (TPSA) is 60.1 Å². The molecule has 0 aliphatic rings. The minimum Gasteiger partial charge on any atom is -0.352 e. The van der Waals surface area contributed by atoms with E-state index in [1.165, 1.54) is 0 Å². The van der Waals surface area contributed by atoms with Crippen LogP contribution in [0.4, 0.5) is 0 Å². The largest absolute Gasteiger partial charge is 0.352 e. The van der Waals surface area contributed by atoms with Crippen molar-refractivity contribution in [1.29, 1.82) is 0 Å². The SMILES string of the molecule is Cc1cc(C(=O)NCCC(C)N)c(C)n1-c1cccc(Cl)c1. The van der Waals surface area contributed by atoms with Crippen molar-refractivity contribution in [3.05, 3.63) is 52.3 Å². The minimum atomic E-state index is -0.0676. The standard InChI is InChI=1S/C17H22ClN3O/c1-11(19)7-8-20-17(22)16-9-12(2)21(13(16)3)15-6-4-5-14(18)10-15/h4-6,9-11H,7-8,19H2,1-3H3,(H,20,22). The molecule has 0 aliphatic heterocycles. The molecule has 0 radical (unpaired) electrons. The molecule has 0 aliphatic carbocycles. The van der Waals surface area contributed by atoms with E-state index >= 15 is 0 Å². The highest BCUT2D eigenvalue weighted by Crippen LogP contribution is 2.22. The van der Waals surface area contributed by atoms with Crippen LogP contribution in [0.15, 0.2) is 30.3 Å². The van der Waals surface area contributed by atoms with E-state index in [1.807, 2.05) is 55.7 Å². The molecule has 2 aromatic rings. The molecule has 1 aromatic heterocycles. The zero-order valence-electron chi connectivity index (χ0n) is 13.2. The molecule has 3 N–H and O–H groups in total. The average molecular weight is 320 g/mol. The van der Waals surface area contributed by atoms with Gasteiger partial charge in [-0.05, 0) is 51.5 Å². The average Bonchev–Trinajstić information content (AvgIpc) is 2.73. The van der Waals surface area contributed by atoms with E-state index in [4.69, 9.17) is 17.3 Å². The van der Waals surface area contributed by atoms with Crippen LogP contribution in [0.1, 0.15) is 35.1 Å². The lowest BCUT2D eigenvalue weighted by atomic mass is 10.2. The molecule has 5 heteroatoms. The van der Waals surface area contributed by atoms with Crippen molar-refractivity contribution < 1.29 is 4.79 Å². The van der Waals surface area contributed by atoms with Gasteiger partial charge in [-0.2, -0.15) is 0 Å². The first-order chi connectivity index (χ1) is 10.4. The van der Waals surface area contributed by atoms with Crippen LogP contribution in [-0.2, 0) is 0 Å². The highest BCUT2D eigenvalue weighted by atomic mass is 35.5. The number of aromatic nitrogens is 1. The number of nitrogens with zero attached hydrogens (tertiary/aromatic N) is 1. The number of nitrogens with one attached hydrogen (secondary N) is 1. The minimum absolute atomic E-state index is 0.0676. The second kappa shape index (κ2) is 6.99. The van der Waals surface area contributed by atoms with E-state index in [-0.39, 0.29) is 11.9 Å². The van der Waals surface area contributed by atoms with Crippen LogP contribution in [0, 0.1) is 13.8 Å². The van der Waals surface area contributed by atoms with Crippen LogP contribution in [0.2, 0.25) is 5.02 Å². The highest BCUT2D eigenvalue weighted by Gasteiger charge is 2.16. The summed E-state index contributed by atoms with van der Waals surface area (Å²) in [7, 11) is 0. The van der Waals surface area contributed by atoms with Gasteiger partial charge in [-0.25, -0.2) is 0 Å². The molecular formula is C17H22ClN3O. The molecule has 1 heterocycles. The fourth-order valence-corrected chi connectivity index (χ4v) is 2.70. The summed E-state index contributed by atoms with van der Waals surface area (Å²) in [6.45, 7) is 6.43. The number of hydrogen-bond acceptors (Lipinski definition) is 2. The summed E-state index contributed by atoms with van der Waals surface area (Å²) >= 11 is 6.06. The number of aryl methyl sites for hydroxylation is 1. The summed E-state index contributed by atoms with van der Waals surface area (Å²) in [5.74, 6) is -0.0676. The predicted molar refractivity (Wildman–Crippen MR) is 90.9 cm³/mol. The van der Waals surface area contributed by atoms with Crippen LogP contribution in [0.25, 0.3) is 5.69 Å². The molecular weight excluding hydrogens is 298 g/mol. The lowest BCUT2D eigenvalue weighted by molar-refractivity contribution is 0.0952. The van der Waals surface area contributed by atoms with E-state index in [1.54, 1.807) is 0 Å². The third-order valence-electron chi connectivity index (χ3n) is 3.63. The smallest absolute Gasteiger partial charge is 0.253 e. The number of amides is 1. The van der Waals surface area contributed by atoms with Gasteiger partial charge in [0.05, 0.1) is 5.56 Å². The number of carbonyl (C=O) groups excluding carboxylic acids is 1. The zero-order valence-corrected chi connectivity index (χ0v) is 13.9. The molecule has 4 nitrogen and oxygen atoms in total. The van der Waals surface area contributed by atoms with Crippen molar-refractivity contribution in [1.82, 2.24) is 9.88 Å². The Bertz CT molecular complexity index is 677. The van der Waals surface area contributed by atoms with Gasteiger partial charge in [-0.1, -0.05) is 17.7 Å². The number of halogens is 1.